The highest BCUT2D eigenvalue weighted by Gasteiger charge is 2.22. The number of alkyl halides is 1. The van der Waals surface area contributed by atoms with E-state index >= 15 is 0 Å². The van der Waals surface area contributed by atoms with Gasteiger partial charge in [-0.25, -0.2) is 13.4 Å². The number of aryl methyl sites for hydroxylation is 1. The summed E-state index contributed by atoms with van der Waals surface area (Å²) in [4.78, 5) is 4.56. The molecule has 0 aliphatic carbocycles. The summed E-state index contributed by atoms with van der Waals surface area (Å²) in [6, 6.07) is 5.66. The molecule has 2 rings (SSSR count). The van der Waals surface area contributed by atoms with Gasteiger partial charge in [-0.15, -0.1) is 11.6 Å². The van der Waals surface area contributed by atoms with Gasteiger partial charge in [0.2, 0.25) is 0 Å². The number of fused-ring (bicyclic) bond motifs is 1. The van der Waals surface area contributed by atoms with E-state index in [1.165, 1.54) is 6.26 Å². The summed E-state index contributed by atoms with van der Waals surface area (Å²) >= 11 is 6.21. The predicted molar refractivity (Wildman–Crippen MR) is 83.2 cm³/mol. The minimum atomic E-state index is -3.07. The summed E-state index contributed by atoms with van der Waals surface area (Å²) in [5, 5.41) is -0.274. The number of nitrogens with zero attached hydrogens (tertiary/aromatic N) is 2. The Morgan fingerprint density at radius 1 is 1.35 bits per heavy atom. The van der Waals surface area contributed by atoms with Crippen molar-refractivity contribution in [1.82, 2.24) is 9.55 Å². The van der Waals surface area contributed by atoms with Crippen LogP contribution in [0.2, 0.25) is 0 Å². The number of hydrogen-bond donors (Lipinski definition) is 0. The standard InChI is InChI=1S/C14H19ClN2O2S/c1-9-6-5-7-12-13(9)17(14(16-12)11(3)15)10(2)8-20(4,18)19/h5-7,10-11H,8H2,1-4H3. The van der Waals surface area contributed by atoms with E-state index in [2.05, 4.69) is 4.98 Å². The van der Waals surface area contributed by atoms with Gasteiger partial charge in [-0.2, -0.15) is 0 Å². The first-order chi connectivity index (χ1) is 9.20. The maximum atomic E-state index is 11.6. The zero-order chi connectivity index (χ0) is 15.1. The fourth-order valence-electron chi connectivity index (χ4n) is 2.58. The van der Waals surface area contributed by atoms with Crippen LogP contribution in [0.5, 0.6) is 0 Å². The molecule has 0 amide bonds. The van der Waals surface area contributed by atoms with Crippen molar-refractivity contribution in [1.29, 1.82) is 0 Å². The quantitative estimate of drug-likeness (QED) is 0.814. The van der Waals surface area contributed by atoms with Crippen molar-refractivity contribution >= 4 is 32.5 Å². The molecule has 0 saturated heterocycles. The van der Waals surface area contributed by atoms with Crippen LogP contribution in [-0.2, 0) is 9.84 Å². The van der Waals surface area contributed by atoms with E-state index in [0.29, 0.717) is 5.82 Å². The van der Waals surface area contributed by atoms with Crippen LogP contribution in [0.3, 0.4) is 0 Å². The molecule has 0 aliphatic rings. The van der Waals surface area contributed by atoms with Gasteiger partial charge in [0, 0.05) is 12.3 Å². The van der Waals surface area contributed by atoms with Crippen LogP contribution in [0.25, 0.3) is 11.0 Å². The highest BCUT2D eigenvalue weighted by atomic mass is 35.5. The molecule has 0 saturated carbocycles. The van der Waals surface area contributed by atoms with E-state index in [4.69, 9.17) is 11.6 Å². The SMILES string of the molecule is Cc1cccc2nc(C(C)Cl)n(C(C)CS(C)(=O)=O)c12. The van der Waals surface area contributed by atoms with E-state index in [-0.39, 0.29) is 17.2 Å². The first-order valence-corrected chi connectivity index (χ1v) is 8.99. The average Bonchev–Trinajstić information content (AvgIpc) is 2.67. The number of halogens is 1. The van der Waals surface area contributed by atoms with Crippen molar-refractivity contribution in [3.63, 3.8) is 0 Å². The molecule has 2 unspecified atom stereocenters. The summed E-state index contributed by atoms with van der Waals surface area (Å²) in [5.41, 5.74) is 2.89. The van der Waals surface area contributed by atoms with Crippen LogP contribution in [0.1, 0.15) is 36.7 Å². The number of imidazole rings is 1. The zero-order valence-corrected chi connectivity index (χ0v) is 13.7. The predicted octanol–water partition coefficient (Wildman–Crippen LogP) is 3.25. The largest absolute Gasteiger partial charge is 0.323 e. The smallest absolute Gasteiger partial charge is 0.149 e. The van der Waals surface area contributed by atoms with E-state index in [1.54, 1.807) is 0 Å². The average molecular weight is 315 g/mol. The van der Waals surface area contributed by atoms with Gasteiger partial charge < -0.3 is 4.57 Å². The highest BCUT2D eigenvalue weighted by molar-refractivity contribution is 7.90. The molecular weight excluding hydrogens is 296 g/mol. The van der Waals surface area contributed by atoms with Gasteiger partial charge in [-0.05, 0) is 32.4 Å². The summed E-state index contributed by atoms with van der Waals surface area (Å²) in [5.74, 6) is 0.788. The molecule has 20 heavy (non-hydrogen) atoms. The van der Waals surface area contributed by atoms with Crippen LogP contribution in [0.15, 0.2) is 18.2 Å². The van der Waals surface area contributed by atoms with Crippen LogP contribution < -0.4 is 0 Å². The van der Waals surface area contributed by atoms with E-state index in [0.717, 1.165) is 16.6 Å². The Bertz CT molecular complexity index is 735. The maximum absolute atomic E-state index is 11.6. The Morgan fingerprint density at radius 2 is 2.00 bits per heavy atom. The first-order valence-electron chi connectivity index (χ1n) is 6.50. The Morgan fingerprint density at radius 3 is 2.55 bits per heavy atom. The van der Waals surface area contributed by atoms with Crippen molar-refractivity contribution in [3.8, 4) is 0 Å². The lowest BCUT2D eigenvalue weighted by atomic mass is 10.2. The number of sulfone groups is 1. The highest BCUT2D eigenvalue weighted by Crippen LogP contribution is 2.30. The Hall–Kier alpha value is -1.07. The molecule has 0 radical (unpaired) electrons. The fraction of sp³-hybridized carbons (Fsp3) is 0.500. The topological polar surface area (TPSA) is 52.0 Å². The van der Waals surface area contributed by atoms with Gasteiger partial charge in [-0.3, -0.25) is 0 Å². The molecule has 1 heterocycles. The zero-order valence-electron chi connectivity index (χ0n) is 12.1. The van der Waals surface area contributed by atoms with Crippen molar-refractivity contribution in [3.05, 3.63) is 29.6 Å². The number of benzene rings is 1. The maximum Gasteiger partial charge on any atom is 0.149 e. The first kappa shape index (κ1) is 15.3. The second-order valence-corrected chi connectivity index (χ2v) is 8.18. The molecule has 1 aromatic carbocycles. The lowest BCUT2D eigenvalue weighted by molar-refractivity contribution is 0.555. The van der Waals surface area contributed by atoms with E-state index in [1.807, 2.05) is 43.5 Å². The molecule has 0 spiro atoms. The second-order valence-electron chi connectivity index (χ2n) is 5.34. The van der Waals surface area contributed by atoms with Crippen LogP contribution >= 0.6 is 11.6 Å². The minimum Gasteiger partial charge on any atom is -0.323 e. The minimum absolute atomic E-state index is 0.0728. The van der Waals surface area contributed by atoms with Gasteiger partial charge in [-0.1, -0.05) is 12.1 Å². The molecule has 0 aliphatic heterocycles. The van der Waals surface area contributed by atoms with Crippen LogP contribution in [0.4, 0.5) is 0 Å². The molecule has 6 heteroatoms. The monoisotopic (exact) mass is 314 g/mol. The van der Waals surface area contributed by atoms with Crippen LogP contribution in [0, 0.1) is 6.92 Å². The van der Waals surface area contributed by atoms with Gasteiger partial charge in [0.25, 0.3) is 0 Å². The third-order valence-corrected chi connectivity index (χ3v) is 4.56. The lowest BCUT2D eigenvalue weighted by Gasteiger charge is -2.18. The van der Waals surface area contributed by atoms with Crippen LogP contribution in [-0.4, -0.2) is 30.0 Å². The number of rotatable bonds is 4. The molecule has 110 valence electrons. The van der Waals surface area contributed by atoms with Crippen molar-refractivity contribution < 1.29 is 8.42 Å². The molecule has 0 fully saturated rings. The van der Waals surface area contributed by atoms with Crippen molar-refractivity contribution in [2.24, 2.45) is 0 Å². The summed E-state index contributed by atoms with van der Waals surface area (Å²) in [6.07, 6.45) is 1.25. The van der Waals surface area contributed by atoms with Crippen molar-refractivity contribution in [2.45, 2.75) is 32.2 Å². The fourth-order valence-corrected chi connectivity index (χ4v) is 3.76. The molecule has 0 bridgehead atoms. The third kappa shape index (κ3) is 2.99. The summed E-state index contributed by atoms with van der Waals surface area (Å²) in [7, 11) is -3.07. The summed E-state index contributed by atoms with van der Waals surface area (Å²) < 4.78 is 25.1. The molecule has 4 nitrogen and oxygen atoms in total. The van der Waals surface area contributed by atoms with Gasteiger partial charge in [0.05, 0.1) is 22.2 Å². The molecule has 1 aromatic heterocycles. The number of hydrogen-bond acceptors (Lipinski definition) is 3. The third-order valence-electron chi connectivity index (χ3n) is 3.28. The molecular formula is C14H19ClN2O2S. The Balaban J connectivity index is 2.68. The van der Waals surface area contributed by atoms with Gasteiger partial charge >= 0.3 is 0 Å². The number of aromatic nitrogens is 2. The Kier molecular flexibility index (Phi) is 4.12. The number of para-hydroxylation sites is 1. The normalized spacial score (nSPS) is 15.4. The van der Waals surface area contributed by atoms with Gasteiger partial charge in [0.1, 0.15) is 15.7 Å². The van der Waals surface area contributed by atoms with E-state index < -0.39 is 9.84 Å². The summed E-state index contributed by atoms with van der Waals surface area (Å²) in [6.45, 7) is 5.73. The molecule has 2 atom stereocenters. The lowest BCUT2D eigenvalue weighted by Crippen LogP contribution is -2.19. The second kappa shape index (κ2) is 5.37. The molecule has 0 N–H and O–H groups in total. The Labute approximate surface area is 124 Å². The van der Waals surface area contributed by atoms with Gasteiger partial charge in [0.15, 0.2) is 0 Å². The van der Waals surface area contributed by atoms with E-state index in [9.17, 15) is 8.42 Å². The van der Waals surface area contributed by atoms with Crippen molar-refractivity contribution in [2.75, 3.05) is 12.0 Å². The molecule has 2 aromatic rings.